The van der Waals surface area contributed by atoms with E-state index in [1.807, 2.05) is 6.92 Å². The first-order valence-electron chi connectivity index (χ1n) is 9.32. The monoisotopic (exact) mass is 318 g/mol. The van der Waals surface area contributed by atoms with Crippen molar-refractivity contribution in [3.63, 3.8) is 0 Å². The molecule has 4 saturated carbocycles. The van der Waals surface area contributed by atoms with E-state index in [1.165, 1.54) is 12.0 Å². The molecule has 0 heterocycles. The third kappa shape index (κ3) is 1.83. The lowest BCUT2D eigenvalue weighted by molar-refractivity contribution is -0.199. The molecule has 0 aromatic carbocycles. The smallest absolute Gasteiger partial charge is 0.309 e. The largest absolute Gasteiger partial charge is 0.481 e. The van der Waals surface area contributed by atoms with Crippen molar-refractivity contribution in [1.82, 2.24) is 0 Å². The molecule has 23 heavy (non-hydrogen) atoms. The Kier molecular flexibility index (Phi) is 3.15. The van der Waals surface area contributed by atoms with Gasteiger partial charge in [0.1, 0.15) is 0 Å². The average Bonchev–Trinajstić information content (AvgIpc) is 2.68. The fourth-order valence-corrected chi connectivity index (χ4v) is 7.73. The van der Waals surface area contributed by atoms with Crippen LogP contribution in [0.1, 0.15) is 65.2 Å². The Morgan fingerprint density at radius 2 is 2.00 bits per heavy atom. The van der Waals surface area contributed by atoms with Crippen molar-refractivity contribution in [1.29, 1.82) is 0 Å². The first-order valence-corrected chi connectivity index (χ1v) is 9.32. The minimum atomic E-state index is -0.636. The van der Waals surface area contributed by atoms with E-state index in [-0.39, 0.29) is 28.8 Å². The summed E-state index contributed by atoms with van der Waals surface area (Å²) in [7, 11) is 0. The highest BCUT2D eigenvalue weighted by molar-refractivity contribution is 5.75. The second kappa shape index (κ2) is 4.62. The summed E-state index contributed by atoms with van der Waals surface area (Å²) in [5.41, 5.74) is 0.867. The lowest BCUT2D eigenvalue weighted by atomic mass is 9.40. The van der Waals surface area contributed by atoms with E-state index in [2.05, 4.69) is 13.5 Å². The highest BCUT2D eigenvalue weighted by Gasteiger charge is 2.67. The first-order chi connectivity index (χ1) is 10.7. The minimum absolute atomic E-state index is 0.0430. The van der Waals surface area contributed by atoms with E-state index in [4.69, 9.17) is 0 Å². The van der Waals surface area contributed by atoms with Gasteiger partial charge in [0, 0.05) is 0 Å². The normalized spacial score (nSPS) is 55.2. The van der Waals surface area contributed by atoms with Crippen molar-refractivity contribution >= 4 is 5.97 Å². The number of fused-ring (bicyclic) bond motifs is 3. The van der Waals surface area contributed by atoms with Gasteiger partial charge in [-0.2, -0.15) is 0 Å². The van der Waals surface area contributed by atoms with Crippen molar-refractivity contribution in [2.24, 2.45) is 34.0 Å². The number of hydrogen-bond donors (Lipinski definition) is 2. The van der Waals surface area contributed by atoms with Crippen LogP contribution in [0.4, 0.5) is 0 Å². The lowest BCUT2D eigenvalue weighted by Crippen LogP contribution is -2.61. The SMILES string of the molecule is C=C1C[C@@]23CC[C@H]4[C@@](C)(CCC[C@@]4(C)C(=O)O)[C@H]2[C@@H](O)C[C@@H]1C3. The molecule has 3 heteroatoms. The number of aliphatic hydroxyl groups excluding tert-OH is 1. The number of carbonyl (C=O) groups is 1. The zero-order chi connectivity index (χ0) is 16.6. The third-order valence-electron chi connectivity index (χ3n) is 8.49. The van der Waals surface area contributed by atoms with E-state index < -0.39 is 11.4 Å². The molecule has 0 aromatic heterocycles. The molecular weight excluding hydrogens is 288 g/mol. The second-order valence-corrected chi connectivity index (χ2v) is 9.55. The predicted octanol–water partition coefficient (Wildman–Crippen LogP) is 4.01. The average molecular weight is 318 g/mol. The van der Waals surface area contributed by atoms with Crippen LogP contribution in [0.5, 0.6) is 0 Å². The van der Waals surface area contributed by atoms with Gasteiger partial charge < -0.3 is 10.2 Å². The summed E-state index contributed by atoms with van der Waals surface area (Å²) in [4.78, 5) is 12.0. The van der Waals surface area contributed by atoms with Gasteiger partial charge >= 0.3 is 5.97 Å². The fourth-order valence-electron chi connectivity index (χ4n) is 7.73. The minimum Gasteiger partial charge on any atom is -0.481 e. The summed E-state index contributed by atoms with van der Waals surface area (Å²) >= 11 is 0. The summed E-state index contributed by atoms with van der Waals surface area (Å²) in [5.74, 6) is 0.305. The molecule has 2 N–H and O–H groups in total. The van der Waals surface area contributed by atoms with Crippen LogP contribution in [0, 0.1) is 34.0 Å². The van der Waals surface area contributed by atoms with E-state index in [9.17, 15) is 15.0 Å². The molecule has 4 aliphatic carbocycles. The molecule has 4 rings (SSSR count). The standard InChI is InChI=1S/C20H30O3/c1-12-10-20-8-5-15-18(2,6-4-7-19(15,3)17(22)23)16(20)14(21)9-13(12)11-20/h13-16,21H,1,4-11H2,2-3H3,(H,22,23)/t13-,14+,15+,16-,18-,19-,20-/m1/s1. The second-order valence-electron chi connectivity index (χ2n) is 9.55. The van der Waals surface area contributed by atoms with Gasteiger partial charge in [0.25, 0.3) is 0 Å². The number of aliphatic hydroxyl groups is 1. The molecule has 0 unspecified atom stereocenters. The fraction of sp³-hybridized carbons (Fsp3) is 0.850. The van der Waals surface area contributed by atoms with Crippen LogP contribution in [0.25, 0.3) is 0 Å². The Labute approximate surface area is 139 Å². The van der Waals surface area contributed by atoms with E-state index in [0.29, 0.717) is 5.92 Å². The van der Waals surface area contributed by atoms with Crippen molar-refractivity contribution in [2.45, 2.75) is 71.3 Å². The number of carboxylic acids is 1. The topological polar surface area (TPSA) is 57.5 Å². The number of hydrogen-bond acceptors (Lipinski definition) is 2. The van der Waals surface area contributed by atoms with E-state index in [0.717, 1.165) is 44.9 Å². The molecule has 0 saturated heterocycles. The van der Waals surface area contributed by atoms with Gasteiger partial charge in [-0.15, -0.1) is 0 Å². The van der Waals surface area contributed by atoms with Gasteiger partial charge in [-0.25, -0.2) is 0 Å². The van der Waals surface area contributed by atoms with Crippen LogP contribution in [0.15, 0.2) is 12.2 Å². The summed E-state index contributed by atoms with van der Waals surface area (Å²) < 4.78 is 0. The molecule has 2 bridgehead atoms. The molecule has 0 radical (unpaired) electrons. The summed E-state index contributed by atoms with van der Waals surface area (Å²) in [6.07, 6.45) is 7.71. The van der Waals surface area contributed by atoms with Gasteiger partial charge in [0.15, 0.2) is 0 Å². The highest BCUT2D eigenvalue weighted by Crippen LogP contribution is 2.72. The molecule has 3 nitrogen and oxygen atoms in total. The van der Waals surface area contributed by atoms with E-state index in [1.54, 1.807) is 0 Å². The Morgan fingerprint density at radius 3 is 2.70 bits per heavy atom. The van der Waals surface area contributed by atoms with Crippen molar-refractivity contribution < 1.29 is 15.0 Å². The van der Waals surface area contributed by atoms with E-state index >= 15 is 0 Å². The van der Waals surface area contributed by atoms with Crippen molar-refractivity contribution in [2.75, 3.05) is 0 Å². The maximum absolute atomic E-state index is 12.0. The van der Waals surface area contributed by atoms with Crippen LogP contribution < -0.4 is 0 Å². The maximum atomic E-state index is 12.0. The van der Waals surface area contributed by atoms with Gasteiger partial charge in [-0.05, 0) is 80.5 Å². The van der Waals surface area contributed by atoms with Gasteiger partial charge in [-0.1, -0.05) is 25.5 Å². The third-order valence-corrected chi connectivity index (χ3v) is 8.49. The maximum Gasteiger partial charge on any atom is 0.309 e. The Morgan fingerprint density at radius 1 is 1.26 bits per heavy atom. The molecular formula is C20H30O3. The first kappa shape index (κ1) is 15.7. The Hall–Kier alpha value is -0.830. The molecule has 0 amide bonds. The van der Waals surface area contributed by atoms with Crippen LogP contribution in [-0.2, 0) is 4.79 Å². The zero-order valence-electron chi connectivity index (χ0n) is 14.5. The number of aliphatic carboxylic acids is 1. The molecule has 1 spiro atoms. The number of carboxylic acid groups (broad SMARTS) is 1. The van der Waals surface area contributed by atoms with Crippen LogP contribution in [-0.4, -0.2) is 22.3 Å². The Balaban J connectivity index is 1.79. The number of allylic oxidation sites excluding steroid dienone is 1. The molecule has 128 valence electrons. The molecule has 7 atom stereocenters. The van der Waals surface area contributed by atoms with Crippen molar-refractivity contribution in [3.05, 3.63) is 12.2 Å². The van der Waals surface area contributed by atoms with Crippen molar-refractivity contribution in [3.8, 4) is 0 Å². The summed E-state index contributed by atoms with van der Waals surface area (Å²) in [6.45, 7) is 8.55. The Bertz CT molecular complexity index is 569. The van der Waals surface area contributed by atoms with Gasteiger partial charge in [0.2, 0.25) is 0 Å². The summed E-state index contributed by atoms with van der Waals surface area (Å²) in [5, 5.41) is 20.9. The molecule has 0 aliphatic heterocycles. The summed E-state index contributed by atoms with van der Waals surface area (Å²) in [6, 6.07) is 0. The highest BCUT2D eigenvalue weighted by atomic mass is 16.4. The van der Waals surface area contributed by atoms with Gasteiger partial charge in [0.05, 0.1) is 11.5 Å². The predicted molar refractivity (Wildman–Crippen MR) is 88.8 cm³/mol. The van der Waals surface area contributed by atoms with Crippen LogP contribution >= 0.6 is 0 Å². The molecule has 4 fully saturated rings. The van der Waals surface area contributed by atoms with Gasteiger partial charge in [-0.3, -0.25) is 4.79 Å². The number of rotatable bonds is 1. The lowest BCUT2D eigenvalue weighted by Gasteiger charge is -2.64. The zero-order valence-corrected chi connectivity index (χ0v) is 14.5. The van der Waals surface area contributed by atoms with Crippen LogP contribution in [0.2, 0.25) is 0 Å². The van der Waals surface area contributed by atoms with Crippen LogP contribution in [0.3, 0.4) is 0 Å². The quantitative estimate of drug-likeness (QED) is 0.718. The molecule has 4 aliphatic rings. The molecule has 0 aromatic rings.